The molecule has 0 aliphatic heterocycles. The van der Waals surface area contributed by atoms with Crippen molar-refractivity contribution in [1.82, 2.24) is 5.43 Å². The molecule has 2 aromatic carbocycles. The molecule has 0 aliphatic rings. The monoisotopic (exact) mass is 499 g/mol. The zero-order valence-electron chi connectivity index (χ0n) is 14.1. The largest absolute Gasteiger partial charge is 0.503 e. The molecular formula is C17H15Br2N3O5. The number of hydrogen-bond donors (Lipinski definition) is 2. The van der Waals surface area contributed by atoms with Gasteiger partial charge in [0.2, 0.25) is 5.91 Å². The number of phenols is 1. The minimum atomic E-state index is -0.535. The van der Waals surface area contributed by atoms with Crippen molar-refractivity contribution in [2.75, 3.05) is 6.61 Å². The fourth-order valence-electron chi connectivity index (χ4n) is 2.20. The van der Waals surface area contributed by atoms with Crippen LogP contribution in [0.4, 0.5) is 5.69 Å². The molecule has 142 valence electrons. The van der Waals surface area contributed by atoms with Crippen LogP contribution in [0.25, 0.3) is 0 Å². The van der Waals surface area contributed by atoms with Crippen molar-refractivity contribution in [2.45, 2.75) is 13.3 Å². The van der Waals surface area contributed by atoms with Crippen LogP contribution in [0.2, 0.25) is 0 Å². The fourth-order valence-corrected chi connectivity index (χ4v) is 3.02. The molecule has 0 atom stereocenters. The van der Waals surface area contributed by atoms with Gasteiger partial charge in [-0.25, -0.2) is 5.43 Å². The highest BCUT2D eigenvalue weighted by Gasteiger charge is 2.16. The van der Waals surface area contributed by atoms with Gasteiger partial charge in [0.05, 0.1) is 28.6 Å². The summed E-state index contributed by atoms with van der Waals surface area (Å²) in [5, 5.41) is 24.9. The van der Waals surface area contributed by atoms with Crippen LogP contribution >= 0.6 is 31.9 Å². The summed E-state index contributed by atoms with van der Waals surface area (Å²) in [6.45, 7) is 2.15. The molecular weight excluding hydrogens is 486 g/mol. The number of amides is 1. The lowest BCUT2D eigenvalue weighted by molar-refractivity contribution is -0.385. The maximum absolute atomic E-state index is 12.0. The summed E-state index contributed by atoms with van der Waals surface area (Å²) in [6.07, 6.45) is 1.19. The Hall–Kier alpha value is -2.46. The van der Waals surface area contributed by atoms with E-state index in [1.165, 1.54) is 24.4 Å². The Labute approximate surface area is 171 Å². The van der Waals surface area contributed by atoms with Gasteiger partial charge in [-0.1, -0.05) is 18.2 Å². The van der Waals surface area contributed by atoms with E-state index in [0.29, 0.717) is 26.7 Å². The van der Waals surface area contributed by atoms with E-state index in [1.54, 1.807) is 19.1 Å². The summed E-state index contributed by atoms with van der Waals surface area (Å²) >= 11 is 6.57. The summed E-state index contributed by atoms with van der Waals surface area (Å²) < 4.78 is 6.26. The first-order valence-electron chi connectivity index (χ1n) is 7.73. The lowest BCUT2D eigenvalue weighted by Gasteiger charge is -2.10. The van der Waals surface area contributed by atoms with Gasteiger partial charge in [-0.05, 0) is 44.8 Å². The number of aromatic hydroxyl groups is 1. The van der Waals surface area contributed by atoms with Crippen LogP contribution < -0.4 is 10.2 Å². The van der Waals surface area contributed by atoms with Crippen LogP contribution in [0.3, 0.4) is 0 Å². The summed E-state index contributed by atoms with van der Waals surface area (Å²) in [6, 6.07) is 7.58. The molecule has 0 bridgehead atoms. The third kappa shape index (κ3) is 5.27. The zero-order valence-corrected chi connectivity index (χ0v) is 17.3. The molecule has 2 rings (SSSR count). The third-order valence-corrected chi connectivity index (χ3v) is 5.56. The number of carbonyl (C=O) groups is 1. The van der Waals surface area contributed by atoms with Gasteiger partial charge in [0.15, 0.2) is 11.5 Å². The maximum Gasteiger partial charge on any atom is 0.273 e. The highest BCUT2D eigenvalue weighted by Crippen LogP contribution is 2.41. The third-order valence-electron chi connectivity index (χ3n) is 3.41. The number of hydrazone groups is 1. The predicted molar refractivity (Wildman–Crippen MR) is 107 cm³/mol. The second-order valence-corrected chi connectivity index (χ2v) is 6.82. The Morgan fingerprint density at radius 1 is 1.37 bits per heavy atom. The Kier molecular flexibility index (Phi) is 7.31. The molecule has 0 aliphatic carbocycles. The van der Waals surface area contributed by atoms with E-state index >= 15 is 0 Å². The van der Waals surface area contributed by atoms with Gasteiger partial charge in [-0.2, -0.15) is 5.10 Å². The minimum absolute atomic E-state index is 0.0544. The highest BCUT2D eigenvalue weighted by atomic mass is 79.9. The molecule has 0 unspecified atom stereocenters. The predicted octanol–water partition coefficient (Wildman–Crippen LogP) is 3.92. The first-order valence-corrected chi connectivity index (χ1v) is 9.31. The molecule has 0 spiro atoms. The molecule has 0 radical (unpaired) electrons. The van der Waals surface area contributed by atoms with Crippen LogP contribution in [0.15, 0.2) is 44.4 Å². The zero-order chi connectivity index (χ0) is 20.0. The molecule has 10 heteroatoms. The number of halogens is 2. The SMILES string of the molecule is CCOc1cc(/C=N/NC(=O)Cc2ccccc2[N+](=O)[O-])c(Br)c(Br)c1O. The molecule has 0 heterocycles. The summed E-state index contributed by atoms with van der Waals surface area (Å²) in [5.74, 6) is -0.291. The molecule has 0 saturated carbocycles. The maximum atomic E-state index is 12.0. The molecule has 2 aromatic rings. The van der Waals surface area contributed by atoms with Crippen molar-refractivity contribution in [2.24, 2.45) is 5.10 Å². The lowest BCUT2D eigenvalue weighted by atomic mass is 10.1. The normalized spacial score (nSPS) is 10.8. The van der Waals surface area contributed by atoms with Gasteiger partial charge in [0.25, 0.3) is 5.69 Å². The number of nitrogens with one attached hydrogen (secondary N) is 1. The van der Waals surface area contributed by atoms with Crippen LogP contribution in [0.1, 0.15) is 18.1 Å². The molecule has 1 amide bonds. The summed E-state index contributed by atoms with van der Waals surface area (Å²) in [7, 11) is 0. The van der Waals surface area contributed by atoms with E-state index in [4.69, 9.17) is 4.74 Å². The minimum Gasteiger partial charge on any atom is -0.503 e. The van der Waals surface area contributed by atoms with Gasteiger partial charge in [0, 0.05) is 21.7 Å². The Bertz CT molecular complexity index is 902. The average molecular weight is 501 g/mol. The average Bonchev–Trinajstić information content (AvgIpc) is 2.64. The Morgan fingerprint density at radius 2 is 2.07 bits per heavy atom. The molecule has 2 N–H and O–H groups in total. The van der Waals surface area contributed by atoms with Gasteiger partial charge >= 0.3 is 0 Å². The van der Waals surface area contributed by atoms with Crippen LogP contribution in [-0.4, -0.2) is 28.8 Å². The number of para-hydroxylation sites is 1. The van der Waals surface area contributed by atoms with Crippen molar-refractivity contribution in [1.29, 1.82) is 0 Å². The molecule has 0 fully saturated rings. The van der Waals surface area contributed by atoms with Crippen LogP contribution in [-0.2, 0) is 11.2 Å². The summed E-state index contributed by atoms with van der Waals surface area (Å²) in [4.78, 5) is 22.5. The van der Waals surface area contributed by atoms with Crippen molar-refractivity contribution in [3.63, 3.8) is 0 Å². The number of phenolic OH excluding ortho intramolecular Hbond substituents is 1. The molecule has 8 nitrogen and oxygen atoms in total. The molecule has 0 aromatic heterocycles. The van der Waals surface area contributed by atoms with Crippen molar-refractivity contribution in [3.05, 3.63) is 60.5 Å². The van der Waals surface area contributed by atoms with Crippen molar-refractivity contribution in [3.8, 4) is 11.5 Å². The molecule has 0 saturated heterocycles. The van der Waals surface area contributed by atoms with Gasteiger partial charge < -0.3 is 9.84 Å². The number of nitro groups is 1. The van der Waals surface area contributed by atoms with Gasteiger partial charge in [-0.3, -0.25) is 14.9 Å². The Morgan fingerprint density at radius 3 is 2.74 bits per heavy atom. The lowest BCUT2D eigenvalue weighted by Crippen LogP contribution is -2.20. The van der Waals surface area contributed by atoms with Crippen LogP contribution in [0, 0.1) is 10.1 Å². The second kappa shape index (κ2) is 9.47. The number of hydrogen-bond acceptors (Lipinski definition) is 6. The Balaban J connectivity index is 2.12. The number of benzene rings is 2. The van der Waals surface area contributed by atoms with Gasteiger partial charge in [-0.15, -0.1) is 0 Å². The van der Waals surface area contributed by atoms with E-state index in [-0.39, 0.29) is 23.6 Å². The van der Waals surface area contributed by atoms with E-state index in [2.05, 4.69) is 42.4 Å². The van der Waals surface area contributed by atoms with Crippen molar-refractivity contribution < 1.29 is 19.6 Å². The van der Waals surface area contributed by atoms with Crippen LogP contribution in [0.5, 0.6) is 11.5 Å². The number of carbonyl (C=O) groups excluding carboxylic acids is 1. The topological polar surface area (TPSA) is 114 Å². The standard InChI is InChI=1S/C17H15Br2N3O5/c1-2-27-13-7-11(15(18)16(19)17(13)24)9-20-21-14(23)8-10-5-3-4-6-12(10)22(25)26/h3-7,9,24H,2,8H2,1H3,(H,21,23)/b20-9+. The number of nitrogens with zero attached hydrogens (tertiary/aromatic N) is 2. The van der Waals surface area contributed by atoms with E-state index in [9.17, 15) is 20.0 Å². The van der Waals surface area contributed by atoms with E-state index < -0.39 is 10.8 Å². The number of rotatable bonds is 7. The van der Waals surface area contributed by atoms with Crippen molar-refractivity contribution >= 4 is 49.7 Å². The fraction of sp³-hybridized carbons (Fsp3) is 0.176. The smallest absolute Gasteiger partial charge is 0.273 e. The van der Waals surface area contributed by atoms with E-state index in [0.717, 1.165) is 0 Å². The first kappa shape index (κ1) is 20.8. The second-order valence-electron chi connectivity index (χ2n) is 5.23. The highest BCUT2D eigenvalue weighted by molar-refractivity contribution is 9.13. The molecule has 27 heavy (non-hydrogen) atoms. The quantitative estimate of drug-likeness (QED) is 0.339. The summed E-state index contributed by atoms with van der Waals surface area (Å²) in [5.41, 5.74) is 3.05. The first-order chi connectivity index (χ1) is 12.8. The number of nitro benzene ring substituents is 1. The van der Waals surface area contributed by atoms with Gasteiger partial charge in [0.1, 0.15) is 0 Å². The van der Waals surface area contributed by atoms with E-state index in [1.807, 2.05) is 0 Å². The number of ether oxygens (including phenoxy) is 1.